The van der Waals surface area contributed by atoms with Crippen LogP contribution in [0, 0.1) is 0 Å². The SMILES string of the molecule is NC(=O)/C(=C/n1cnc(-c2cc(C3CC3)nc(C(F)(F)F)c2)n1)c1cnc2ccccc2c1. The van der Waals surface area contributed by atoms with Crippen LogP contribution in [0.1, 0.15) is 35.7 Å². The van der Waals surface area contributed by atoms with Crippen LogP contribution in [0.15, 0.2) is 55.0 Å². The fourth-order valence-corrected chi connectivity index (χ4v) is 3.51. The molecule has 4 aromatic rings. The number of carbonyl (C=O) groups is 1. The molecule has 1 amide bonds. The van der Waals surface area contributed by atoms with Crippen LogP contribution < -0.4 is 5.73 Å². The Morgan fingerprint density at radius 2 is 1.91 bits per heavy atom. The number of halogens is 3. The van der Waals surface area contributed by atoms with Crippen LogP contribution in [0.25, 0.3) is 34.1 Å². The van der Waals surface area contributed by atoms with Crippen molar-refractivity contribution in [2.45, 2.75) is 24.9 Å². The zero-order chi connectivity index (χ0) is 23.2. The van der Waals surface area contributed by atoms with Crippen LogP contribution in [-0.4, -0.2) is 30.6 Å². The van der Waals surface area contributed by atoms with Gasteiger partial charge in [0, 0.05) is 40.5 Å². The second kappa shape index (κ2) is 7.80. The number of nitrogens with zero attached hydrogens (tertiary/aromatic N) is 5. The number of para-hydroxylation sites is 1. The number of hydrogen-bond donors (Lipinski definition) is 1. The van der Waals surface area contributed by atoms with Gasteiger partial charge in [0.25, 0.3) is 5.91 Å². The summed E-state index contributed by atoms with van der Waals surface area (Å²) in [5.41, 5.74) is 6.57. The van der Waals surface area contributed by atoms with Crippen molar-refractivity contribution in [1.29, 1.82) is 0 Å². The van der Waals surface area contributed by atoms with E-state index in [1.54, 1.807) is 12.1 Å². The van der Waals surface area contributed by atoms with E-state index in [9.17, 15) is 18.0 Å². The maximum absolute atomic E-state index is 13.3. The second-order valence-corrected chi connectivity index (χ2v) is 7.81. The lowest BCUT2D eigenvalue weighted by Gasteiger charge is -2.09. The van der Waals surface area contributed by atoms with Crippen molar-refractivity contribution >= 4 is 28.6 Å². The number of rotatable bonds is 5. The summed E-state index contributed by atoms with van der Waals surface area (Å²) in [4.78, 5) is 24.4. The summed E-state index contributed by atoms with van der Waals surface area (Å²) in [6.07, 6.45) is 1.23. The highest BCUT2D eigenvalue weighted by Gasteiger charge is 2.35. The van der Waals surface area contributed by atoms with Gasteiger partial charge in [-0.25, -0.2) is 14.6 Å². The fraction of sp³-hybridized carbons (Fsp3) is 0.174. The number of benzene rings is 1. The molecule has 10 heteroatoms. The van der Waals surface area contributed by atoms with Crippen LogP contribution in [0.3, 0.4) is 0 Å². The van der Waals surface area contributed by atoms with Crippen molar-refractivity contribution in [3.05, 3.63) is 71.9 Å². The van der Waals surface area contributed by atoms with E-state index in [-0.39, 0.29) is 22.9 Å². The maximum atomic E-state index is 13.3. The molecular formula is C23H17F3N6O. The van der Waals surface area contributed by atoms with Gasteiger partial charge in [-0.15, -0.1) is 5.10 Å². The molecule has 0 aliphatic heterocycles. The third kappa shape index (κ3) is 4.32. The molecular weight excluding hydrogens is 433 g/mol. The Morgan fingerprint density at radius 3 is 2.64 bits per heavy atom. The maximum Gasteiger partial charge on any atom is 0.433 e. The molecule has 3 heterocycles. The number of aromatic nitrogens is 5. The number of fused-ring (bicyclic) bond motifs is 1. The lowest BCUT2D eigenvalue weighted by atomic mass is 10.1. The third-order valence-electron chi connectivity index (χ3n) is 5.33. The lowest BCUT2D eigenvalue weighted by Crippen LogP contribution is -2.14. The summed E-state index contributed by atoms with van der Waals surface area (Å²) >= 11 is 0. The van der Waals surface area contributed by atoms with Crippen LogP contribution in [0.2, 0.25) is 0 Å². The van der Waals surface area contributed by atoms with Crippen molar-refractivity contribution in [2.75, 3.05) is 0 Å². The molecule has 33 heavy (non-hydrogen) atoms. The Labute approximate surface area is 185 Å². The topological polar surface area (TPSA) is 99.6 Å². The average molecular weight is 450 g/mol. The zero-order valence-electron chi connectivity index (χ0n) is 17.1. The molecule has 7 nitrogen and oxygen atoms in total. The van der Waals surface area contributed by atoms with Crippen LogP contribution in [0.4, 0.5) is 13.2 Å². The smallest absolute Gasteiger partial charge is 0.366 e. The van der Waals surface area contributed by atoms with Gasteiger partial charge < -0.3 is 5.73 Å². The second-order valence-electron chi connectivity index (χ2n) is 7.81. The molecule has 1 saturated carbocycles. The van der Waals surface area contributed by atoms with Gasteiger partial charge in [-0.1, -0.05) is 18.2 Å². The lowest BCUT2D eigenvalue weighted by molar-refractivity contribution is -0.141. The number of nitrogens with two attached hydrogens (primary N) is 1. The summed E-state index contributed by atoms with van der Waals surface area (Å²) in [6.45, 7) is 0. The summed E-state index contributed by atoms with van der Waals surface area (Å²) in [6, 6.07) is 11.7. The normalized spacial score (nSPS) is 14.6. The monoisotopic (exact) mass is 450 g/mol. The van der Waals surface area contributed by atoms with Crippen LogP contribution in [0.5, 0.6) is 0 Å². The van der Waals surface area contributed by atoms with Gasteiger partial charge in [-0.3, -0.25) is 9.78 Å². The van der Waals surface area contributed by atoms with E-state index >= 15 is 0 Å². The van der Waals surface area contributed by atoms with Crippen LogP contribution in [-0.2, 0) is 11.0 Å². The van der Waals surface area contributed by atoms with Crippen molar-refractivity contribution in [2.24, 2.45) is 5.73 Å². The first-order valence-electron chi connectivity index (χ1n) is 10.2. The fourth-order valence-electron chi connectivity index (χ4n) is 3.51. The van der Waals surface area contributed by atoms with Gasteiger partial charge in [-0.05, 0) is 37.1 Å². The minimum Gasteiger partial charge on any atom is -0.366 e. The van der Waals surface area contributed by atoms with Gasteiger partial charge in [0.05, 0.1) is 11.1 Å². The molecule has 1 aliphatic carbocycles. The van der Waals surface area contributed by atoms with E-state index in [0.717, 1.165) is 29.8 Å². The molecule has 1 fully saturated rings. The van der Waals surface area contributed by atoms with E-state index < -0.39 is 17.8 Å². The molecule has 166 valence electrons. The summed E-state index contributed by atoms with van der Waals surface area (Å²) < 4.78 is 41.3. The first-order valence-corrected chi connectivity index (χ1v) is 10.2. The Hall–Kier alpha value is -4.08. The van der Waals surface area contributed by atoms with E-state index in [1.165, 1.54) is 23.4 Å². The Kier molecular flexibility index (Phi) is 4.92. The predicted molar refractivity (Wildman–Crippen MR) is 115 cm³/mol. The van der Waals surface area contributed by atoms with Gasteiger partial charge in [0.2, 0.25) is 0 Å². The number of primary amides is 1. The van der Waals surface area contributed by atoms with E-state index in [4.69, 9.17) is 5.73 Å². The Bertz CT molecular complexity index is 1400. The minimum atomic E-state index is -4.58. The Balaban J connectivity index is 1.53. The molecule has 1 aliphatic rings. The first-order chi connectivity index (χ1) is 15.8. The molecule has 0 atom stereocenters. The molecule has 1 aromatic carbocycles. The average Bonchev–Trinajstić information content (AvgIpc) is 3.54. The molecule has 0 unspecified atom stereocenters. The molecule has 0 spiro atoms. The first kappa shape index (κ1) is 20.8. The predicted octanol–water partition coefficient (Wildman–Crippen LogP) is 4.27. The largest absolute Gasteiger partial charge is 0.433 e. The van der Waals surface area contributed by atoms with Crippen LogP contribution >= 0.6 is 0 Å². The highest BCUT2D eigenvalue weighted by atomic mass is 19.4. The third-order valence-corrected chi connectivity index (χ3v) is 5.33. The standard InChI is InChI=1S/C23H17F3N6O/c24-23(25,26)20-9-15(8-19(30-20)13-5-6-13)22-29-12-32(31-22)11-17(21(27)33)16-7-14-3-1-2-4-18(14)28-10-16/h1-4,7-13H,5-6H2,(H2,27,33)/b17-11+. The quantitative estimate of drug-likeness (QED) is 0.458. The number of amides is 1. The minimum absolute atomic E-state index is 0.0231. The number of hydrogen-bond acceptors (Lipinski definition) is 5. The molecule has 3 aromatic heterocycles. The molecule has 2 N–H and O–H groups in total. The van der Waals surface area contributed by atoms with Crippen molar-refractivity contribution in [1.82, 2.24) is 24.7 Å². The highest BCUT2D eigenvalue weighted by molar-refractivity contribution is 6.22. The van der Waals surface area contributed by atoms with E-state index in [0.29, 0.717) is 11.3 Å². The summed E-state index contributed by atoms with van der Waals surface area (Å²) in [5.74, 6) is -0.597. The number of carbonyl (C=O) groups excluding carboxylic acids is 1. The van der Waals surface area contributed by atoms with E-state index in [1.807, 2.05) is 24.3 Å². The van der Waals surface area contributed by atoms with Crippen molar-refractivity contribution < 1.29 is 18.0 Å². The zero-order valence-corrected chi connectivity index (χ0v) is 17.1. The molecule has 0 saturated heterocycles. The van der Waals surface area contributed by atoms with Gasteiger partial charge in [0.15, 0.2) is 5.82 Å². The Morgan fingerprint density at radius 1 is 1.12 bits per heavy atom. The van der Waals surface area contributed by atoms with Gasteiger partial charge in [0.1, 0.15) is 12.0 Å². The molecule has 0 bridgehead atoms. The highest BCUT2D eigenvalue weighted by Crippen LogP contribution is 2.41. The van der Waals surface area contributed by atoms with Gasteiger partial charge >= 0.3 is 6.18 Å². The van der Waals surface area contributed by atoms with Crippen molar-refractivity contribution in [3.63, 3.8) is 0 Å². The van der Waals surface area contributed by atoms with Gasteiger partial charge in [-0.2, -0.15) is 13.2 Å². The van der Waals surface area contributed by atoms with Crippen molar-refractivity contribution in [3.8, 4) is 11.4 Å². The summed E-state index contributed by atoms with van der Waals surface area (Å²) in [7, 11) is 0. The number of pyridine rings is 2. The molecule has 5 rings (SSSR count). The molecule has 0 radical (unpaired) electrons. The summed E-state index contributed by atoms with van der Waals surface area (Å²) in [5, 5.41) is 5.06. The van der Waals surface area contributed by atoms with E-state index in [2.05, 4.69) is 20.1 Å². The number of alkyl halides is 3.